The molecule has 2 aromatic heterocycles. The topological polar surface area (TPSA) is 64.3 Å². The number of likely N-dealkylation sites (N-methyl/N-ethyl adjacent to an activating group) is 1. The second kappa shape index (κ2) is 6.30. The molecule has 0 atom stereocenters. The van der Waals surface area contributed by atoms with Gasteiger partial charge in [-0.1, -0.05) is 35.6 Å². The summed E-state index contributed by atoms with van der Waals surface area (Å²) >= 11 is 1.55. The van der Waals surface area contributed by atoms with E-state index < -0.39 is 0 Å². The zero-order valence-corrected chi connectivity index (χ0v) is 12.9. The maximum Gasteiger partial charge on any atom is 0.235 e. The number of fused-ring (bicyclic) bond motifs is 1. The third-order valence-electron chi connectivity index (χ3n) is 3.22. The fourth-order valence-electron chi connectivity index (χ4n) is 2.19. The number of hydrogen-bond acceptors (Lipinski definition) is 6. The van der Waals surface area contributed by atoms with Crippen molar-refractivity contribution >= 4 is 16.3 Å². The van der Waals surface area contributed by atoms with Gasteiger partial charge in [0.1, 0.15) is 11.6 Å². The predicted molar refractivity (Wildman–Crippen MR) is 82.4 cm³/mol. The molecular weight excluding hydrogens is 286 g/mol. The van der Waals surface area contributed by atoms with Gasteiger partial charge in [0.05, 0.1) is 0 Å². The maximum absolute atomic E-state index is 5.12. The van der Waals surface area contributed by atoms with E-state index in [-0.39, 0.29) is 0 Å². The molecule has 21 heavy (non-hydrogen) atoms. The van der Waals surface area contributed by atoms with Crippen molar-refractivity contribution in [2.45, 2.75) is 13.0 Å². The second-order valence-electron chi connectivity index (χ2n) is 4.66. The Morgan fingerprint density at radius 3 is 2.95 bits per heavy atom. The van der Waals surface area contributed by atoms with Crippen LogP contribution in [0.3, 0.4) is 0 Å². The highest BCUT2D eigenvalue weighted by atomic mass is 32.1. The summed E-state index contributed by atoms with van der Waals surface area (Å²) in [7, 11) is 3.60. The fraction of sp³-hybridized carbons (Fsp3) is 0.357. The molecule has 6 nitrogen and oxygen atoms in total. The number of nitrogens with zero attached hydrogens (tertiary/aromatic N) is 4. The average molecular weight is 303 g/mol. The quantitative estimate of drug-likeness (QED) is 0.752. The number of benzene rings is 1. The fourth-order valence-corrected chi connectivity index (χ4v) is 3.11. The van der Waals surface area contributed by atoms with Crippen molar-refractivity contribution in [1.82, 2.24) is 25.1 Å². The Morgan fingerprint density at radius 2 is 2.14 bits per heavy atom. The molecule has 0 unspecified atom stereocenters. The molecule has 2 heterocycles. The molecule has 0 spiro atoms. The lowest BCUT2D eigenvalue weighted by Gasteiger charge is -2.06. The highest BCUT2D eigenvalue weighted by Crippen LogP contribution is 2.28. The summed E-state index contributed by atoms with van der Waals surface area (Å²) in [6.45, 7) is 1.35. The molecule has 3 aromatic rings. The van der Waals surface area contributed by atoms with Crippen LogP contribution in [0.25, 0.3) is 15.5 Å². The first-order valence-corrected chi connectivity index (χ1v) is 7.58. The highest BCUT2D eigenvalue weighted by Gasteiger charge is 2.14. The summed E-state index contributed by atoms with van der Waals surface area (Å²) in [5, 5.41) is 17.0. The van der Waals surface area contributed by atoms with Gasteiger partial charge in [-0.05, 0) is 25.6 Å². The van der Waals surface area contributed by atoms with Gasteiger partial charge in [0.25, 0.3) is 0 Å². The molecule has 0 aliphatic rings. The Morgan fingerprint density at radius 1 is 1.29 bits per heavy atom. The lowest BCUT2D eigenvalue weighted by Crippen LogP contribution is -2.10. The molecule has 0 bridgehead atoms. The summed E-state index contributed by atoms with van der Waals surface area (Å²) in [6, 6.07) is 8.35. The summed E-state index contributed by atoms with van der Waals surface area (Å²) in [5.41, 5.74) is 2.44. The van der Waals surface area contributed by atoms with E-state index in [4.69, 9.17) is 4.74 Å². The van der Waals surface area contributed by atoms with Gasteiger partial charge >= 0.3 is 0 Å². The molecule has 0 saturated carbocycles. The van der Waals surface area contributed by atoms with Crippen molar-refractivity contribution in [2.24, 2.45) is 0 Å². The van der Waals surface area contributed by atoms with Gasteiger partial charge in [-0.2, -0.15) is 9.61 Å². The molecular formula is C14H17N5OS. The van der Waals surface area contributed by atoms with Gasteiger partial charge in [0.2, 0.25) is 4.96 Å². The predicted octanol–water partition coefficient (Wildman–Crippen LogP) is 1.76. The molecule has 0 fully saturated rings. The van der Waals surface area contributed by atoms with Crippen LogP contribution in [0.4, 0.5) is 0 Å². The van der Waals surface area contributed by atoms with Gasteiger partial charge in [0.15, 0.2) is 5.82 Å². The normalized spacial score (nSPS) is 11.3. The maximum atomic E-state index is 5.12. The number of methoxy groups -OCH3 is 1. The lowest BCUT2D eigenvalue weighted by molar-refractivity contribution is 0.176. The first-order valence-electron chi connectivity index (χ1n) is 6.76. The average Bonchev–Trinajstić information content (AvgIpc) is 3.08. The van der Waals surface area contributed by atoms with Gasteiger partial charge < -0.3 is 10.1 Å². The minimum atomic E-state index is 0.408. The van der Waals surface area contributed by atoms with E-state index in [1.807, 2.05) is 13.1 Å². The molecule has 0 radical (unpaired) electrons. The second-order valence-corrected chi connectivity index (χ2v) is 5.62. The largest absolute Gasteiger partial charge is 0.377 e. The Hall–Kier alpha value is -1.83. The SMILES string of the molecule is CNCCc1ccccc1-c1nn2c(COC)nnc2s1. The molecule has 0 aliphatic heterocycles. The van der Waals surface area contributed by atoms with Crippen molar-refractivity contribution in [2.75, 3.05) is 20.7 Å². The summed E-state index contributed by atoms with van der Waals surface area (Å²) < 4.78 is 6.88. The Labute approximate surface area is 126 Å². The van der Waals surface area contributed by atoms with Crippen LogP contribution in [0.1, 0.15) is 11.4 Å². The van der Waals surface area contributed by atoms with Crippen LogP contribution in [0, 0.1) is 0 Å². The number of ether oxygens (including phenoxy) is 1. The standard InChI is InChI=1S/C14H17N5OS/c1-15-8-7-10-5-3-4-6-11(10)13-18-19-12(9-20-2)16-17-14(19)21-13/h3-6,15H,7-9H2,1-2H3. The molecule has 3 rings (SSSR count). The van der Waals surface area contributed by atoms with E-state index in [0.29, 0.717) is 6.61 Å². The van der Waals surface area contributed by atoms with Gasteiger partial charge in [-0.3, -0.25) is 0 Å². The molecule has 1 N–H and O–H groups in total. The molecule has 0 amide bonds. The summed E-state index contributed by atoms with van der Waals surface area (Å²) in [4.78, 5) is 0.792. The van der Waals surface area contributed by atoms with Crippen LogP contribution >= 0.6 is 11.3 Å². The highest BCUT2D eigenvalue weighted by molar-refractivity contribution is 7.19. The smallest absolute Gasteiger partial charge is 0.235 e. The number of hydrogen-bond donors (Lipinski definition) is 1. The van der Waals surface area contributed by atoms with Gasteiger partial charge in [0, 0.05) is 12.7 Å². The van der Waals surface area contributed by atoms with E-state index in [0.717, 1.165) is 34.3 Å². The summed E-state index contributed by atoms with van der Waals surface area (Å²) in [6.07, 6.45) is 0.970. The van der Waals surface area contributed by atoms with Crippen molar-refractivity contribution < 1.29 is 4.74 Å². The lowest BCUT2D eigenvalue weighted by atomic mass is 10.1. The first kappa shape index (κ1) is 14.1. The van der Waals surface area contributed by atoms with E-state index in [9.17, 15) is 0 Å². The van der Waals surface area contributed by atoms with Crippen LogP contribution in [0.2, 0.25) is 0 Å². The van der Waals surface area contributed by atoms with Gasteiger partial charge in [-0.15, -0.1) is 10.2 Å². The molecule has 7 heteroatoms. The molecule has 110 valence electrons. The molecule has 1 aromatic carbocycles. The van der Waals surface area contributed by atoms with Crippen molar-refractivity contribution in [3.8, 4) is 10.6 Å². The van der Waals surface area contributed by atoms with Crippen molar-refractivity contribution in [3.63, 3.8) is 0 Å². The van der Waals surface area contributed by atoms with Crippen LogP contribution in [-0.4, -0.2) is 40.5 Å². The van der Waals surface area contributed by atoms with Crippen LogP contribution < -0.4 is 5.32 Å². The zero-order valence-electron chi connectivity index (χ0n) is 12.0. The van der Waals surface area contributed by atoms with E-state index in [2.05, 4.69) is 38.8 Å². The van der Waals surface area contributed by atoms with Crippen molar-refractivity contribution in [1.29, 1.82) is 0 Å². The number of aromatic nitrogens is 4. The number of nitrogens with one attached hydrogen (secondary N) is 1. The number of rotatable bonds is 6. The monoisotopic (exact) mass is 303 g/mol. The van der Waals surface area contributed by atoms with Crippen LogP contribution in [0.5, 0.6) is 0 Å². The third-order valence-corrected chi connectivity index (χ3v) is 4.15. The van der Waals surface area contributed by atoms with Crippen molar-refractivity contribution in [3.05, 3.63) is 35.7 Å². The molecule has 0 aliphatic carbocycles. The van der Waals surface area contributed by atoms with Crippen LogP contribution in [0.15, 0.2) is 24.3 Å². The Balaban J connectivity index is 2.00. The van der Waals surface area contributed by atoms with Crippen LogP contribution in [-0.2, 0) is 17.8 Å². The first-order chi connectivity index (χ1) is 10.3. The Bertz CT molecular complexity index is 736. The molecule has 0 saturated heterocycles. The van der Waals surface area contributed by atoms with E-state index in [1.165, 1.54) is 5.56 Å². The zero-order chi connectivity index (χ0) is 14.7. The Kier molecular flexibility index (Phi) is 4.23. The van der Waals surface area contributed by atoms with E-state index in [1.54, 1.807) is 23.0 Å². The third kappa shape index (κ3) is 2.80. The summed E-state index contributed by atoms with van der Waals surface area (Å²) in [5.74, 6) is 0.725. The van der Waals surface area contributed by atoms with E-state index >= 15 is 0 Å². The minimum Gasteiger partial charge on any atom is -0.377 e. The minimum absolute atomic E-state index is 0.408. The van der Waals surface area contributed by atoms with Gasteiger partial charge in [-0.25, -0.2) is 0 Å².